The summed E-state index contributed by atoms with van der Waals surface area (Å²) >= 11 is 6.01. The van der Waals surface area contributed by atoms with Gasteiger partial charge < -0.3 is 10.5 Å². The molecule has 5 heteroatoms. The molecule has 2 aromatic carbocycles. The number of nitrogen functional groups attached to an aromatic ring is 1. The molecule has 0 bridgehead atoms. The van der Waals surface area contributed by atoms with Crippen molar-refractivity contribution < 1.29 is 9.13 Å². The summed E-state index contributed by atoms with van der Waals surface area (Å²) in [6, 6.07) is 10.1. The van der Waals surface area contributed by atoms with Crippen molar-refractivity contribution in [2.45, 2.75) is 13.5 Å². The minimum Gasteiger partial charge on any atom is -0.487 e. The molecular formula is C15H14ClFN2O. The standard InChI is InChI=1S/C15H14ClFN2O/c1-9-5-6-12(16)13(7-9)20-8-10-3-2-4-11(14(10)17)15(18)19/h2-7H,8H2,1H3,(H3,18,19). The van der Waals surface area contributed by atoms with Crippen molar-refractivity contribution in [3.8, 4) is 5.75 Å². The van der Waals surface area contributed by atoms with E-state index in [1.54, 1.807) is 24.3 Å². The molecule has 2 aromatic rings. The monoisotopic (exact) mass is 292 g/mol. The predicted octanol–water partition coefficient (Wildman–Crippen LogP) is 3.65. The van der Waals surface area contributed by atoms with Crippen molar-refractivity contribution in [1.82, 2.24) is 0 Å². The molecule has 0 heterocycles. The molecule has 3 N–H and O–H groups in total. The second kappa shape index (κ2) is 5.92. The molecule has 2 rings (SSSR count). The second-order valence-corrected chi connectivity index (χ2v) is 4.82. The Balaban J connectivity index is 2.21. The van der Waals surface area contributed by atoms with E-state index in [0.29, 0.717) is 16.3 Å². The molecule has 0 aromatic heterocycles. The van der Waals surface area contributed by atoms with Gasteiger partial charge in [-0.15, -0.1) is 0 Å². The lowest BCUT2D eigenvalue weighted by Gasteiger charge is -2.11. The van der Waals surface area contributed by atoms with Gasteiger partial charge in [0.05, 0.1) is 10.6 Å². The van der Waals surface area contributed by atoms with Crippen molar-refractivity contribution >= 4 is 17.4 Å². The maximum atomic E-state index is 14.1. The Morgan fingerprint density at radius 1 is 1.35 bits per heavy atom. The first-order valence-corrected chi connectivity index (χ1v) is 6.37. The van der Waals surface area contributed by atoms with Crippen LogP contribution < -0.4 is 10.5 Å². The molecule has 0 atom stereocenters. The van der Waals surface area contributed by atoms with E-state index in [0.717, 1.165) is 5.56 Å². The van der Waals surface area contributed by atoms with Crippen molar-refractivity contribution in [2.75, 3.05) is 0 Å². The van der Waals surface area contributed by atoms with Crippen molar-refractivity contribution in [3.05, 3.63) is 63.9 Å². The van der Waals surface area contributed by atoms with Gasteiger partial charge in [-0.1, -0.05) is 29.8 Å². The van der Waals surface area contributed by atoms with E-state index in [-0.39, 0.29) is 18.0 Å². The summed E-state index contributed by atoms with van der Waals surface area (Å²) in [6.45, 7) is 1.94. The number of aryl methyl sites for hydroxylation is 1. The van der Waals surface area contributed by atoms with E-state index in [1.807, 2.05) is 13.0 Å². The molecule has 0 aliphatic carbocycles. The average molecular weight is 293 g/mol. The Hall–Kier alpha value is -2.07. The van der Waals surface area contributed by atoms with E-state index >= 15 is 0 Å². The topological polar surface area (TPSA) is 59.1 Å². The van der Waals surface area contributed by atoms with Gasteiger partial charge >= 0.3 is 0 Å². The number of hydrogen-bond acceptors (Lipinski definition) is 2. The highest BCUT2D eigenvalue weighted by Crippen LogP contribution is 2.26. The molecule has 0 aliphatic rings. The Labute approximate surface area is 121 Å². The Morgan fingerprint density at radius 3 is 2.80 bits per heavy atom. The molecule has 0 unspecified atom stereocenters. The zero-order valence-corrected chi connectivity index (χ0v) is 11.7. The third kappa shape index (κ3) is 3.08. The first kappa shape index (κ1) is 14.3. The minimum atomic E-state index is -0.538. The molecule has 0 spiro atoms. The van der Waals surface area contributed by atoms with Crippen LogP contribution in [0.3, 0.4) is 0 Å². The largest absolute Gasteiger partial charge is 0.487 e. The maximum Gasteiger partial charge on any atom is 0.140 e. The zero-order valence-electron chi connectivity index (χ0n) is 10.9. The highest BCUT2D eigenvalue weighted by Gasteiger charge is 2.11. The van der Waals surface area contributed by atoms with Crippen LogP contribution in [0.25, 0.3) is 0 Å². The van der Waals surface area contributed by atoms with E-state index in [9.17, 15) is 4.39 Å². The lowest BCUT2D eigenvalue weighted by molar-refractivity contribution is 0.300. The summed E-state index contributed by atoms with van der Waals surface area (Å²) in [4.78, 5) is 0. The molecule has 3 nitrogen and oxygen atoms in total. The first-order chi connectivity index (χ1) is 9.49. The molecule has 0 saturated heterocycles. The summed E-state index contributed by atoms with van der Waals surface area (Å²) in [6.07, 6.45) is 0. The number of rotatable bonds is 4. The Morgan fingerprint density at radius 2 is 2.10 bits per heavy atom. The van der Waals surface area contributed by atoms with E-state index < -0.39 is 5.82 Å². The van der Waals surface area contributed by atoms with Gasteiger partial charge in [0.1, 0.15) is 24.0 Å². The number of benzene rings is 2. The fourth-order valence-electron chi connectivity index (χ4n) is 1.78. The fourth-order valence-corrected chi connectivity index (χ4v) is 1.95. The number of hydrogen-bond donors (Lipinski definition) is 2. The zero-order chi connectivity index (χ0) is 14.7. The van der Waals surface area contributed by atoms with E-state index in [2.05, 4.69) is 0 Å². The van der Waals surface area contributed by atoms with Gasteiger partial charge in [0, 0.05) is 5.56 Å². The predicted molar refractivity (Wildman–Crippen MR) is 77.9 cm³/mol. The van der Waals surface area contributed by atoms with Gasteiger partial charge in [-0.2, -0.15) is 0 Å². The van der Waals surface area contributed by atoms with Crippen LogP contribution in [0.15, 0.2) is 36.4 Å². The van der Waals surface area contributed by atoms with Gasteiger partial charge in [-0.3, -0.25) is 5.41 Å². The van der Waals surface area contributed by atoms with Crippen molar-refractivity contribution in [1.29, 1.82) is 5.41 Å². The van der Waals surface area contributed by atoms with Crippen molar-refractivity contribution in [3.63, 3.8) is 0 Å². The normalized spacial score (nSPS) is 10.3. The number of ether oxygens (including phenoxy) is 1. The van der Waals surface area contributed by atoms with Crippen LogP contribution in [-0.2, 0) is 6.61 Å². The van der Waals surface area contributed by atoms with Crippen LogP contribution in [0.2, 0.25) is 5.02 Å². The number of halogens is 2. The summed E-state index contributed by atoms with van der Waals surface area (Å²) in [7, 11) is 0. The molecule has 104 valence electrons. The average Bonchev–Trinajstić information content (AvgIpc) is 2.41. The molecule has 0 radical (unpaired) electrons. The minimum absolute atomic E-state index is 0.0239. The third-order valence-electron chi connectivity index (χ3n) is 2.84. The number of nitrogens with one attached hydrogen (secondary N) is 1. The summed E-state index contributed by atoms with van der Waals surface area (Å²) in [5.41, 5.74) is 6.72. The third-order valence-corrected chi connectivity index (χ3v) is 3.15. The lowest BCUT2D eigenvalue weighted by atomic mass is 10.1. The van der Waals surface area contributed by atoms with Crippen LogP contribution in [0.4, 0.5) is 4.39 Å². The maximum absolute atomic E-state index is 14.1. The molecule has 20 heavy (non-hydrogen) atoms. The Kier molecular flexibility index (Phi) is 4.25. The SMILES string of the molecule is Cc1ccc(Cl)c(OCc2cccc(C(=N)N)c2F)c1. The number of amidine groups is 1. The highest BCUT2D eigenvalue weighted by molar-refractivity contribution is 6.32. The quantitative estimate of drug-likeness (QED) is 0.667. The Bertz CT molecular complexity index is 658. The number of nitrogens with two attached hydrogens (primary N) is 1. The molecule has 0 amide bonds. The summed E-state index contributed by atoms with van der Waals surface area (Å²) < 4.78 is 19.6. The fraction of sp³-hybridized carbons (Fsp3) is 0.133. The molecule has 0 fully saturated rings. The van der Waals surface area contributed by atoms with Crippen LogP contribution in [0.5, 0.6) is 5.75 Å². The van der Waals surface area contributed by atoms with Gasteiger partial charge in [-0.05, 0) is 30.7 Å². The molecule has 0 aliphatic heterocycles. The van der Waals surface area contributed by atoms with Gasteiger partial charge in [-0.25, -0.2) is 4.39 Å². The van der Waals surface area contributed by atoms with Gasteiger partial charge in [0.2, 0.25) is 0 Å². The van der Waals surface area contributed by atoms with Crippen LogP contribution >= 0.6 is 11.6 Å². The van der Waals surface area contributed by atoms with E-state index in [4.69, 9.17) is 27.5 Å². The summed E-state index contributed by atoms with van der Waals surface area (Å²) in [5, 5.41) is 7.78. The van der Waals surface area contributed by atoms with Crippen LogP contribution in [-0.4, -0.2) is 5.84 Å². The van der Waals surface area contributed by atoms with Gasteiger partial charge in [0.25, 0.3) is 0 Å². The molecule has 0 saturated carbocycles. The smallest absolute Gasteiger partial charge is 0.140 e. The first-order valence-electron chi connectivity index (χ1n) is 6.00. The summed E-state index contributed by atoms with van der Waals surface area (Å²) in [5.74, 6) is -0.346. The molecular weight excluding hydrogens is 279 g/mol. The highest BCUT2D eigenvalue weighted by atomic mass is 35.5. The van der Waals surface area contributed by atoms with E-state index in [1.165, 1.54) is 6.07 Å². The van der Waals surface area contributed by atoms with Gasteiger partial charge in [0.15, 0.2) is 0 Å². The van der Waals surface area contributed by atoms with Crippen LogP contribution in [0.1, 0.15) is 16.7 Å². The second-order valence-electron chi connectivity index (χ2n) is 4.41. The lowest BCUT2D eigenvalue weighted by Crippen LogP contribution is -2.14. The van der Waals surface area contributed by atoms with Crippen molar-refractivity contribution in [2.24, 2.45) is 5.73 Å². The van der Waals surface area contributed by atoms with Crippen LogP contribution in [0, 0.1) is 18.2 Å².